The van der Waals surface area contributed by atoms with Gasteiger partial charge in [-0.25, -0.2) is 4.39 Å². The summed E-state index contributed by atoms with van der Waals surface area (Å²) in [6.07, 6.45) is 0.914. The summed E-state index contributed by atoms with van der Waals surface area (Å²) in [5.74, 6) is -2.42. The maximum Gasteiger partial charge on any atom is 0.262 e. The molecule has 4 aliphatic rings. The van der Waals surface area contributed by atoms with Crippen molar-refractivity contribution in [3.05, 3.63) is 70.0 Å². The number of benzene rings is 2. The highest BCUT2D eigenvalue weighted by molar-refractivity contribution is 6.24. The molecule has 4 heterocycles. The third kappa shape index (κ3) is 3.83. The van der Waals surface area contributed by atoms with E-state index in [0.29, 0.717) is 35.9 Å². The van der Waals surface area contributed by atoms with Gasteiger partial charge in [-0.2, -0.15) is 0 Å². The number of amides is 4. The summed E-state index contributed by atoms with van der Waals surface area (Å²) in [5.41, 5.74) is 2.92. The lowest BCUT2D eigenvalue weighted by Crippen LogP contribution is -2.65. The maximum atomic E-state index is 14.9. The number of likely N-dealkylation sites (tertiary alicyclic amines) is 1. The number of hydrogen-bond donors (Lipinski definition) is 1. The van der Waals surface area contributed by atoms with Gasteiger partial charge in [0.25, 0.3) is 11.8 Å². The highest BCUT2D eigenvalue weighted by atomic mass is 19.1. The number of rotatable bonds is 6. The number of aryl methyl sites for hydroxylation is 2. The molecule has 8 nitrogen and oxygen atoms in total. The zero-order chi connectivity index (χ0) is 25.0. The number of piperidine rings is 1. The van der Waals surface area contributed by atoms with E-state index in [1.807, 2.05) is 6.07 Å². The zero-order valence-electron chi connectivity index (χ0n) is 19.7. The first-order valence-electron chi connectivity index (χ1n) is 12.2. The van der Waals surface area contributed by atoms with Gasteiger partial charge >= 0.3 is 0 Å². The van der Waals surface area contributed by atoms with Crippen LogP contribution in [-0.4, -0.2) is 65.8 Å². The fourth-order valence-electron chi connectivity index (χ4n) is 5.80. The fourth-order valence-corrected chi connectivity index (χ4v) is 5.80. The van der Waals surface area contributed by atoms with Crippen LogP contribution in [0.4, 0.5) is 4.39 Å². The minimum absolute atomic E-state index is 0.0684. The van der Waals surface area contributed by atoms with Crippen molar-refractivity contribution in [3.8, 4) is 0 Å². The van der Waals surface area contributed by atoms with E-state index in [4.69, 9.17) is 4.74 Å². The number of nitrogens with one attached hydrogen (secondary N) is 1. The van der Waals surface area contributed by atoms with E-state index in [1.54, 1.807) is 30.3 Å². The lowest BCUT2D eigenvalue weighted by Gasteiger charge is -2.55. The van der Waals surface area contributed by atoms with Gasteiger partial charge in [-0.1, -0.05) is 24.3 Å². The second kappa shape index (κ2) is 8.60. The molecule has 1 N–H and O–H groups in total. The topological polar surface area (TPSA) is 96.0 Å². The lowest BCUT2D eigenvalue weighted by molar-refractivity contribution is -0.191. The van der Waals surface area contributed by atoms with Crippen molar-refractivity contribution in [1.82, 2.24) is 15.1 Å². The van der Waals surface area contributed by atoms with Crippen LogP contribution in [0.3, 0.4) is 0 Å². The molecule has 0 aromatic heterocycles. The van der Waals surface area contributed by atoms with Crippen molar-refractivity contribution in [2.24, 2.45) is 5.41 Å². The van der Waals surface area contributed by atoms with Gasteiger partial charge in [0.05, 0.1) is 24.3 Å². The van der Waals surface area contributed by atoms with Crippen LogP contribution in [0.15, 0.2) is 36.4 Å². The van der Waals surface area contributed by atoms with Crippen LogP contribution in [0.1, 0.15) is 50.2 Å². The molecule has 4 aliphatic heterocycles. The Morgan fingerprint density at radius 2 is 1.78 bits per heavy atom. The van der Waals surface area contributed by atoms with Crippen molar-refractivity contribution in [2.45, 2.75) is 38.3 Å². The number of carbonyl (C=O) groups is 4. The van der Waals surface area contributed by atoms with Crippen LogP contribution in [0.25, 0.3) is 0 Å². The Labute approximate surface area is 207 Å². The Morgan fingerprint density at radius 3 is 2.47 bits per heavy atom. The third-order valence-electron chi connectivity index (χ3n) is 7.68. The SMILES string of the molecule is O=C1CCC(N2C(=O)c3cccc(CCc4ccc(CN5CC6(COC6)C5)cc4F)c3C2=O)C(=O)N1. The summed E-state index contributed by atoms with van der Waals surface area (Å²) in [6, 6.07) is 9.32. The van der Waals surface area contributed by atoms with Crippen molar-refractivity contribution in [2.75, 3.05) is 26.3 Å². The molecule has 4 amide bonds. The van der Waals surface area contributed by atoms with E-state index in [-0.39, 0.29) is 29.8 Å². The zero-order valence-corrected chi connectivity index (χ0v) is 19.7. The summed E-state index contributed by atoms with van der Waals surface area (Å²) >= 11 is 0. The molecule has 0 bridgehead atoms. The van der Waals surface area contributed by atoms with Gasteiger partial charge in [0.2, 0.25) is 11.8 Å². The number of ether oxygens (including phenoxy) is 1. The molecular weight excluding hydrogens is 465 g/mol. The number of nitrogens with zero attached hydrogens (tertiary/aromatic N) is 2. The average Bonchev–Trinajstić information content (AvgIpc) is 3.05. The molecule has 9 heteroatoms. The van der Waals surface area contributed by atoms with E-state index < -0.39 is 29.7 Å². The first-order valence-corrected chi connectivity index (χ1v) is 12.2. The van der Waals surface area contributed by atoms with Gasteiger partial charge in [-0.3, -0.25) is 34.3 Å². The van der Waals surface area contributed by atoms with E-state index >= 15 is 0 Å². The molecule has 0 aliphatic carbocycles. The molecule has 6 rings (SSSR count). The van der Waals surface area contributed by atoms with Gasteiger partial charge in [-0.05, 0) is 48.1 Å². The second-order valence-electron chi connectivity index (χ2n) is 10.4. The Bertz CT molecular complexity index is 1300. The number of carbonyl (C=O) groups excluding carboxylic acids is 4. The average molecular weight is 492 g/mol. The molecule has 0 radical (unpaired) electrons. The smallest absolute Gasteiger partial charge is 0.262 e. The van der Waals surface area contributed by atoms with Gasteiger partial charge in [0, 0.05) is 31.5 Å². The van der Waals surface area contributed by atoms with Crippen LogP contribution in [-0.2, 0) is 33.7 Å². The Morgan fingerprint density at radius 1 is 1.00 bits per heavy atom. The number of imide groups is 2. The highest BCUT2D eigenvalue weighted by Gasteiger charge is 2.48. The highest BCUT2D eigenvalue weighted by Crippen LogP contribution is 2.38. The van der Waals surface area contributed by atoms with E-state index in [1.165, 1.54) is 0 Å². The normalized spacial score (nSPS) is 22.9. The molecule has 2 aromatic rings. The predicted octanol–water partition coefficient (Wildman–Crippen LogP) is 1.84. The van der Waals surface area contributed by atoms with E-state index in [2.05, 4.69) is 10.2 Å². The van der Waals surface area contributed by atoms with Crippen molar-refractivity contribution in [3.63, 3.8) is 0 Å². The van der Waals surface area contributed by atoms with Crippen LogP contribution in [0, 0.1) is 11.2 Å². The molecule has 3 fully saturated rings. The first kappa shape index (κ1) is 23.0. The number of hydrogen-bond acceptors (Lipinski definition) is 6. The summed E-state index contributed by atoms with van der Waals surface area (Å²) in [6.45, 7) is 4.31. The van der Waals surface area contributed by atoms with Gasteiger partial charge in [0.1, 0.15) is 11.9 Å². The second-order valence-corrected chi connectivity index (χ2v) is 10.4. The van der Waals surface area contributed by atoms with Crippen molar-refractivity contribution in [1.29, 1.82) is 0 Å². The monoisotopic (exact) mass is 491 g/mol. The molecule has 3 saturated heterocycles. The number of fused-ring (bicyclic) bond motifs is 1. The molecule has 2 aromatic carbocycles. The van der Waals surface area contributed by atoms with Crippen LogP contribution in [0.2, 0.25) is 0 Å². The van der Waals surface area contributed by atoms with E-state index in [9.17, 15) is 23.6 Å². The Hall–Kier alpha value is -3.43. The molecule has 186 valence electrons. The van der Waals surface area contributed by atoms with Crippen molar-refractivity contribution >= 4 is 23.6 Å². The van der Waals surface area contributed by atoms with Gasteiger partial charge < -0.3 is 4.74 Å². The summed E-state index contributed by atoms with van der Waals surface area (Å²) < 4.78 is 20.2. The predicted molar refractivity (Wildman–Crippen MR) is 125 cm³/mol. The summed E-state index contributed by atoms with van der Waals surface area (Å²) in [4.78, 5) is 53.3. The molecular formula is C27H26FN3O5. The minimum Gasteiger partial charge on any atom is -0.380 e. The molecule has 1 atom stereocenters. The minimum atomic E-state index is -1.01. The van der Waals surface area contributed by atoms with Gasteiger partial charge in [0.15, 0.2) is 0 Å². The molecule has 1 unspecified atom stereocenters. The molecule has 0 saturated carbocycles. The van der Waals surface area contributed by atoms with Crippen LogP contribution >= 0.6 is 0 Å². The first-order chi connectivity index (χ1) is 17.3. The quantitative estimate of drug-likeness (QED) is 0.620. The maximum absolute atomic E-state index is 14.9. The van der Waals surface area contributed by atoms with Crippen molar-refractivity contribution < 1.29 is 28.3 Å². The van der Waals surface area contributed by atoms with Crippen LogP contribution in [0.5, 0.6) is 0 Å². The van der Waals surface area contributed by atoms with E-state index in [0.717, 1.165) is 36.8 Å². The lowest BCUT2D eigenvalue weighted by atomic mass is 9.78. The van der Waals surface area contributed by atoms with Gasteiger partial charge in [-0.15, -0.1) is 0 Å². The number of halogens is 1. The largest absolute Gasteiger partial charge is 0.380 e. The Kier molecular flexibility index (Phi) is 5.49. The summed E-state index contributed by atoms with van der Waals surface area (Å²) in [7, 11) is 0. The summed E-state index contributed by atoms with van der Waals surface area (Å²) in [5, 5.41) is 2.20. The van der Waals surface area contributed by atoms with Crippen LogP contribution < -0.4 is 5.32 Å². The molecule has 36 heavy (non-hydrogen) atoms. The molecule has 1 spiro atoms. The third-order valence-corrected chi connectivity index (χ3v) is 7.68. The fraction of sp³-hybridized carbons (Fsp3) is 0.407. The standard InChI is InChI=1S/C27H26FN3O5/c28-20-10-16(11-30-12-27(13-30)14-36-15-27)4-5-17(20)6-7-18-2-1-3-19-23(18)26(35)31(25(19)34)21-8-9-22(32)29-24(21)33/h1-5,10,21H,6-9,11-15H2,(H,29,32,33). The Balaban J connectivity index is 1.14.